The van der Waals surface area contributed by atoms with Crippen LogP contribution in [-0.4, -0.2) is 26.1 Å². The highest BCUT2D eigenvalue weighted by molar-refractivity contribution is 5.71. The van der Waals surface area contributed by atoms with E-state index in [4.69, 9.17) is 14.2 Å². The Labute approximate surface area is 122 Å². The number of methoxy groups -OCH3 is 1. The molecule has 0 aromatic heterocycles. The summed E-state index contributed by atoms with van der Waals surface area (Å²) < 4.78 is 42.1. The van der Waals surface area contributed by atoms with E-state index < -0.39 is 12.2 Å². The standard InChI is InChI=1S/C16H18F2O3/c1-19-14-10-12(15(17)18)2-3-13(14)11-4-6-16(7-5-11)20-8-9-21-16/h2-4,10,15H,5-9H2,1H3. The van der Waals surface area contributed by atoms with Gasteiger partial charge in [-0.3, -0.25) is 0 Å². The Balaban J connectivity index is 1.85. The third-order valence-electron chi connectivity index (χ3n) is 4.07. The molecule has 1 spiro atoms. The van der Waals surface area contributed by atoms with Gasteiger partial charge in [-0.1, -0.05) is 18.2 Å². The van der Waals surface area contributed by atoms with Crippen molar-refractivity contribution in [1.82, 2.24) is 0 Å². The Kier molecular flexibility index (Phi) is 3.95. The first-order valence-electron chi connectivity index (χ1n) is 7.07. The number of allylic oxidation sites excluding steroid dienone is 1. The molecule has 0 amide bonds. The van der Waals surface area contributed by atoms with Gasteiger partial charge in [0.1, 0.15) is 5.75 Å². The quantitative estimate of drug-likeness (QED) is 0.845. The average Bonchev–Trinajstić information content (AvgIpc) is 2.95. The van der Waals surface area contributed by atoms with Crippen LogP contribution in [0.2, 0.25) is 0 Å². The summed E-state index contributed by atoms with van der Waals surface area (Å²) in [4.78, 5) is 0. The molecule has 1 fully saturated rings. The van der Waals surface area contributed by atoms with E-state index in [1.165, 1.54) is 19.2 Å². The van der Waals surface area contributed by atoms with Gasteiger partial charge < -0.3 is 14.2 Å². The number of alkyl halides is 2. The lowest BCUT2D eigenvalue weighted by atomic mass is 9.89. The Morgan fingerprint density at radius 3 is 2.57 bits per heavy atom. The van der Waals surface area contributed by atoms with Crippen LogP contribution >= 0.6 is 0 Å². The van der Waals surface area contributed by atoms with E-state index in [-0.39, 0.29) is 5.56 Å². The summed E-state index contributed by atoms with van der Waals surface area (Å²) in [6, 6.07) is 4.57. The summed E-state index contributed by atoms with van der Waals surface area (Å²) in [5.74, 6) is 0.0166. The van der Waals surface area contributed by atoms with Crippen molar-refractivity contribution in [2.45, 2.75) is 31.5 Å². The minimum absolute atomic E-state index is 0.0223. The molecule has 3 rings (SSSR count). The molecule has 0 atom stereocenters. The third kappa shape index (κ3) is 2.80. The minimum atomic E-state index is -2.49. The van der Waals surface area contributed by atoms with Crippen LogP contribution in [0.5, 0.6) is 5.75 Å². The largest absolute Gasteiger partial charge is 0.496 e. The molecule has 2 aliphatic rings. The predicted molar refractivity (Wildman–Crippen MR) is 74.4 cm³/mol. The van der Waals surface area contributed by atoms with Crippen molar-refractivity contribution >= 4 is 5.57 Å². The lowest BCUT2D eigenvalue weighted by molar-refractivity contribution is -0.159. The second kappa shape index (κ2) is 5.73. The van der Waals surface area contributed by atoms with E-state index in [0.29, 0.717) is 25.4 Å². The van der Waals surface area contributed by atoms with Crippen LogP contribution in [0, 0.1) is 0 Å². The van der Waals surface area contributed by atoms with Crippen LogP contribution < -0.4 is 4.74 Å². The Morgan fingerprint density at radius 1 is 1.24 bits per heavy atom. The highest BCUT2D eigenvalue weighted by atomic mass is 19.3. The van der Waals surface area contributed by atoms with Crippen molar-refractivity contribution in [3.8, 4) is 5.75 Å². The molecule has 0 bridgehead atoms. The van der Waals surface area contributed by atoms with E-state index in [1.807, 2.05) is 0 Å². The molecule has 114 valence electrons. The SMILES string of the molecule is COc1cc(C(F)F)ccc1C1=CCC2(CC1)OCCO2. The Hall–Kier alpha value is -1.46. The van der Waals surface area contributed by atoms with E-state index >= 15 is 0 Å². The molecule has 0 radical (unpaired) electrons. The molecular formula is C16H18F2O3. The summed E-state index contributed by atoms with van der Waals surface area (Å²) >= 11 is 0. The Morgan fingerprint density at radius 2 is 2.00 bits per heavy atom. The summed E-state index contributed by atoms with van der Waals surface area (Å²) in [6.45, 7) is 1.27. The first kappa shape index (κ1) is 14.5. The fourth-order valence-corrected chi connectivity index (χ4v) is 2.92. The van der Waals surface area contributed by atoms with Gasteiger partial charge in [0, 0.05) is 24.0 Å². The van der Waals surface area contributed by atoms with Gasteiger partial charge in [-0.2, -0.15) is 0 Å². The summed E-state index contributed by atoms with van der Waals surface area (Å²) in [5, 5.41) is 0. The summed E-state index contributed by atoms with van der Waals surface area (Å²) in [5.41, 5.74) is 1.94. The van der Waals surface area contributed by atoms with Crippen molar-refractivity contribution in [2.24, 2.45) is 0 Å². The van der Waals surface area contributed by atoms with Gasteiger partial charge >= 0.3 is 0 Å². The van der Waals surface area contributed by atoms with Gasteiger partial charge in [0.05, 0.1) is 20.3 Å². The maximum absolute atomic E-state index is 12.8. The van der Waals surface area contributed by atoms with E-state index in [9.17, 15) is 8.78 Å². The van der Waals surface area contributed by atoms with Gasteiger partial charge in [-0.15, -0.1) is 0 Å². The van der Waals surface area contributed by atoms with Gasteiger partial charge in [0.25, 0.3) is 6.43 Å². The smallest absolute Gasteiger partial charge is 0.263 e. The lowest BCUT2D eigenvalue weighted by Gasteiger charge is -2.31. The second-order valence-electron chi connectivity index (χ2n) is 5.30. The van der Waals surface area contributed by atoms with Crippen LogP contribution in [0.25, 0.3) is 5.57 Å². The topological polar surface area (TPSA) is 27.7 Å². The summed E-state index contributed by atoms with van der Waals surface area (Å²) in [6.07, 6.45) is 1.82. The number of hydrogen-bond donors (Lipinski definition) is 0. The monoisotopic (exact) mass is 296 g/mol. The highest BCUT2D eigenvalue weighted by Gasteiger charge is 2.38. The molecule has 1 aromatic rings. The fraction of sp³-hybridized carbons (Fsp3) is 0.500. The van der Waals surface area contributed by atoms with E-state index in [1.54, 1.807) is 6.07 Å². The lowest BCUT2D eigenvalue weighted by Crippen LogP contribution is -2.31. The zero-order chi connectivity index (χ0) is 14.9. The number of halogens is 2. The number of benzene rings is 1. The highest BCUT2D eigenvalue weighted by Crippen LogP contribution is 2.41. The van der Waals surface area contributed by atoms with Crippen molar-refractivity contribution in [3.05, 3.63) is 35.4 Å². The van der Waals surface area contributed by atoms with Crippen LogP contribution in [-0.2, 0) is 9.47 Å². The maximum Gasteiger partial charge on any atom is 0.263 e. The van der Waals surface area contributed by atoms with Gasteiger partial charge in [-0.25, -0.2) is 8.78 Å². The van der Waals surface area contributed by atoms with Crippen molar-refractivity contribution in [2.75, 3.05) is 20.3 Å². The number of hydrogen-bond acceptors (Lipinski definition) is 3. The van der Waals surface area contributed by atoms with Gasteiger partial charge in [0.15, 0.2) is 5.79 Å². The molecule has 0 saturated carbocycles. The fourth-order valence-electron chi connectivity index (χ4n) is 2.92. The first-order valence-corrected chi connectivity index (χ1v) is 7.07. The molecule has 1 aromatic carbocycles. The molecular weight excluding hydrogens is 278 g/mol. The van der Waals surface area contributed by atoms with Crippen LogP contribution in [0.4, 0.5) is 8.78 Å². The van der Waals surface area contributed by atoms with E-state index in [2.05, 4.69) is 6.08 Å². The molecule has 21 heavy (non-hydrogen) atoms. The van der Waals surface area contributed by atoms with Crippen LogP contribution in [0.3, 0.4) is 0 Å². The molecule has 1 saturated heterocycles. The first-order chi connectivity index (χ1) is 10.1. The van der Waals surface area contributed by atoms with Crippen molar-refractivity contribution < 1.29 is 23.0 Å². The second-order valence-corrected chi connectivity index (χ2v) is 5.30. The zero-order valence-electron chi connectivity index (χ0n) is 11.9. The third-order valence-corrected chi connectivity index (χ3v) is 4.07. The Bertz CT molecular complexity index is 548. The molecule has 1 aliphatic heterocycles. The number of rotatable bonds is 3. The number of ether oxygens (including phenoxy) is 3. The van der Waals surface area contributed by atoms with Gasteiger partial charge in [-0.05, 0) is 18.1 Å². The molecule has 0 N–H and O–H groups in total. The van der Waals surface area contributed by atoms with Crippen LogP contribution in [0.1, 0.15) is 36.8 Å². The average molecular weight is 296 g/mol. The summed E-state index contributed by atoms with van der Waals surface area (Å²) in [7, 11) is 1.50. The maximum atomic E-state index is 12.8. The van der Waals surface area contributed by atoms with Gasteiger partial charge in [0.2, 0.25) is 0 Å². The van der Waals surface area contributed by atoms with E-state index in [0.717, 1.165) is 24.0 Å². The molecule has 1 heterocycles. The molecule has 0 unspecified atom stereocenters. The molecule has 3 nitrogen and oxygen atoms in total. The minimum Gasteiger partial charge on any atom is -0.496 e. The molecule has 5 heteroatoms. The van der Waals surface area contributed by atoms with Crippen molar-refractivity contribution in [3.63, 3.8) is 0 Å². The predicted octanol–water partition coefficient (Wildman–Crippen LogP) is 3.94. The zero-order valence-corrected chi connectivity index (χ0v) is 11.9. The molecule has 1 aliphatic carbocycles. The van der Waals surface area contributed by atoms with Crippen molar-refractivity contribution in [1.29, 1.82) is 0 Å². The normalized spacial score (nSPS) is 20.9. The van der Waals surface area contributed by atoms with Crippen LogP contribution in [0.15, 0.2) is 24.3 Å².